The van der Waals surface area contributed by atoms with E-state index >= 15 is 0 Å². The van der Waals surface area contributed by atoms with Gasteiger partial charge in [-0.15, -0.1) is 24.0 Å². The number of hydrogen-bond acceptors (Lipinski definition) is 3. The number of aliphatic hydroxyl groups is 1. The SMILES string of the molecule is CCNC(=NCc1ccnn1C)NCC1(O)CCCC1.I. The largest absolute Gasteiger partial charge is 0.388 e. The molecule has 0 atom stereocenters. The van der Waals surface area contributed by atoms with Crippen molar-refractivity contribution >= 4 is 29.9 Å². The average molecular weight is 407 g/mol. The number of aryl methyl sites for hydroxylation is 1. The number of aromatic nitrogens is 2. The van der Waals surface area contributed by atoms with E-state index in [0.29, 0.717) is 13.1 Å². The second kappa shape index (κ2) is 8.57. The third-order valence-corrected chi connectivity index (χ3v) is 3.79. The first-order valence-corrected chi connectivity index (χ1v) is 7.34. The highest BCUT2D eigenvalue weighted by molar-refractivity contribution is 14.0. The maximum Gasteiger partial charge on any atom is 0.191 e. The van der Waals surface area contributed by atoms with E-state index in [-0.39, 0.29) is 24.0 Å². The number of hydrogen-bond donors (Lipinski definition) is 3. The molecule has 0 amide bonds. The zero-order valence-electron chi connectivity index (χ0n) is 12.8. The summed E-state index contributed by atoms with van der Waals surface area (Å²) in [5.74, 6) is 0.744. The highest BCUT2D eigenvalue weighted by Crippen LogP contribution is 2.28. The third-order valence-electron chi connectivity index (χ3n) is 3.79. The number of nitrogens with zero attached hydrogens (tertiary/aromatic N) is 3. The van der Waals surface area contributed by atoms with Gasteiger partial charge in [0.25, 0.3) is 0 Å². The van der Waals surface area contributed by atoms with Gasteiger partial charge in [0.15, 0.2) is 5.96 Å². The summed E-state index contributed by atoms with van der Waals surface area (Å²) in [6.07, 6.45) is 5.75. The van der Waals surface area contributed by atoms with Crippen LogP contribution in [0, 0.1) is 0 Å². The number of nitrogens with one attached hydrogen (secondary N) is 2. The van der Waals surface area contributed by atoms with E-state index < -0.39 is 5.60 Å². The molecule has 0 aromatic carbocycles. The van der Waals surface area contributed by atoms with Crippen molar-refractivity contribution in [3.05, 3.63) is 18.0 Å². The van der Waals surface area contributed by atoms with Gasteiger partial charge in [-0.1, -0.05) is 12.8 Å². The van der Waals surface area contributed by atoms with Crippen molar-refractivity contribution < 1.29 is 5.11 Å². The molecule has 0 radical (unpaired) electrons. The fraction of sp³-hybridized carbons (Fsp3) is 0.714. The molecule has 21 heavy (non-hydrogen) atoms. The minimum absolute atomic E-state index is 0. The highest BCUT2D eigenvalue weighted by atomic mass is 127. The fourth-order valence-corrected chi connectivity index (χ4v) is 2.52. The van der Waals surface area contributed by atoms with Gasteiger partial charge < -0.3 is 15.7 Å². The lowest BCUT2D eigenvalue weighted by atomic mass is 10.0. The molecule has 1 aliphatic carbocycles. The maximum atomic E-state index is 10.3. The van der Waals surface area contributed by atoms with Gasteiger partial charge in [-0.05, 0) is 25.8 Å². The monoisotopic (exact) mass is 407 g/mol. The molecule has 120 valence electrons. The Morgan fingerprint density at radius 3 is 2.71 bits per heavy atom. The smallest absolute Gasteiger partial charge is 0.191 e. The van der Waals surface area contributed by atoms with Gasteiger partial charge in [0.1, 0.15) is 0 Å². The van der Waals surface area contributed by atoms with Crippen molar-refractivity contribution in [3.8, 4) is 0 Å². The summed E-state index contributed by atoms with van der Waals surface area (Å²) in [4.78, 5) is 4.53. The lowest BCUT2D eigenvalue weighted by Gasteiger charge is -2.23. The minimum atomic E-state index is -0.567. The van der Waals surface area contributed by atoms with Gasteiger partial charge in [0.2, 0.25) is 0 Å². The Morgan fingerprint density at radius 2 is 2.14 bits per heavy atom. The molecule has 1 aromatic heterocycles. The predicted octanol–water partition coefficient (Wildman–Crippen LogP) is 1.40. The Morgan fingerprint density at radius 1 is 1.43 bits per heavy atom. The van der Waals surface area contributed by atoms with Crippen molar-refractivity contribution in [3.63, 3.8) is 0 Å². The fourth-order valence-electron chi connectivity index (χ4n) is 2.52. The van der Waals surface area contributed by atoms with Crippen LogP contribution in [0.2, 0.25) is 0 Å². The average Bonchev–Trinajstić information content (AvgIpc) is 3.03. The Kier molecular flexibility index (Phi) is 7.44. The third kappa shape index (κ3) is 5.46. The molecule has 1 saturated carbocycles. The number of halogens is 1. The van der Waals surface area contributed by atoms with Gasteiger partial charge in [-0.2, -0.15) is 5.10 Å². The molecule has 3 N–H and O–H groups in total. The van der Waals surface area contributed by atoms with Crippen LogP contribution in [0.3, 0.4) is 0 Å². The van der Waals surface area contributed by atoms with E-state index in [1.807, 2.05) is 24.7 Å². The summed E-state index contributed by atoms with van der Waals surface area (Å²) in [6, 6.07) is 1.96. The molecule has 0 unspecified atom stereocenters. The molecule has 1 heterocycles. The quantitative estimate of drug-likeness (QED) is 0.392. The first-order valence-electron chi connectivity index (χ1n) is 7.34. The molecular formula is C14H26IN5O. The Balaban J connectivity index is 0.00000220. The van der Waals surface area contributed by atoms with Crippen molar-refractivity contribution in [1.82, 2.24) is 20.4 Å². The molecule has 6 nitrogen and oxygen atoms in total. The normalized spacial score (nSPS) is 17.4. The van der Waals surface area contributed by atoms with Crippen LogP contribution in [0.15, 0.2) is 17.3 Å². The molecule has 0 spiro atoms. The maximum absolute atomic E-state index is 10.3. The molecule has 0 saturated heterocycles. The summed E-state index contributed by atoms with van der Waals surface area (Å²) in [7, 11) is 1.91. The Hall–Kier alpha value is -0.830. The molecular weight excluding hydrogens is 381 g/mol. The zero-order chi connectivity index (χ0) is 14.4. The summed E-state index contributed by atoms with van der Waals surface area (Å²) >= 11 is 0. The lowest BCUT2D eigenvalue weighted by molar-refractivity contribution is 0.0522. The molecule has 0 bridgehead atoms. The topological polar surface area (TPSA) is 74.5 Å². The second-order valence-electron chi connectivity index (χ2n) is 5.43. The Labute approximate surface area is 143 Å². The molecule has 1 aliphatic rings. The molecule has 2 rings (SSSR count). The van der Waals surface area contributed by atoms with Crippen molar-refractivity contribution in [1.29, 1.82) is 0 Å². The lowest BCUT2D eigenvalue weighted by Crippen LogP contribution is -2.46. The van der Waals surface area contributed by atoms with E-state index in [2.05, 4.69) is 20.7 Å². The van der Waals surface area contributed by atoms with Crippen LogP contribution in [0.25, 0.3) is 0 Å². The van der Waals surface area contributed by atoms with Gasteiger partial charge in [-0.3, -0.25) is 4.68 Å². The minimum Gasteiger partial charge on any atom is -0.388 e. The van der Waals surface area contributed by atoms with E-state index in [0.717, 1.165) is 43.9 Å². The summed E-state index contributed by atoms with van der Waals surface area (Å²) in [6.45, 7) is 3.97. The zero-order valence-corrected chi connectivity index (χ0v) is 15.1. The molecule has 1 fully saturated rings. The van der Waals surface area contributed by atoms with Crippen molar-refractivity contribution in [2.24, 2.45) is 12.0 Å². The number of rotatable bonds is 5. The first kappa shape index (κ1) is 18.2. The van der Waals surface area contributed by atoms with Crippen LogP contribution >= 0.6 is 24.0 Å². The second-order valence-corrected chi connectivity index (χ2v) is 5.43. The van der Waals surface area contributed by atoms with Crippen LogP contribution in [0.5, 0.6) is 0 Å². The number of guanidine groups is 1. The first-order chi connectivity index (χ1) is 9.63. The molecule has 1 aromatic rings. The van der Waals surface area contributed by atoms with E-state index in [9.17, 15) is 5.11 Å². The van der Waals surface area contributed by atoms with Gasteiger partial charge in [0, 0.05) is 26.3 Å². The van der Waals surface area contributed by atoms with Crippen molar-refractivity contribution in [2.75, 3.05) is 13.1 Å². The van der Waals surface area contributed by atoms with Gasteiger partial charge in [-0.25, -0.2) is 4.99 Å². The summed E-state index contributed by atoms with van der Waals surface area (Å²) < 4.78 is 1.82. The molecule has 0 aliphatic heterocycles. The van der Waals surface area contributed by atoms with E-state index in [4.69, 9.17) is 0 Å². The van der Waals surface area contributed by atoms with Crippen LogP contribution in [0.1, 0.15) is 38.3 Å². The van der Waals surface area contributed by atoms with Crippen LogP contribution in [0.4, 0.5) is 0 Å². The standard InChI is InChI=1S/C14H25N5O.HI/c1-3-15-13(16-10-12-6-9-18-19(12)2)17-11-14(20)7-4-5-8-14;/h6,9,20H,3-5,7-8,10-11H2,1-2H3,(H2,15,16,17);1H. The molecule has 7 heteroatoms. The highest BCUT2D eigenvalue weighted by Gasteiger charge is 2.30. The predicted molar refractivity (Wildman–Crippen MR) is 94.9 cm³/mol. The van der Waals surface area contributed by atoms with Crippen LogP contribution < -0.4 is 10.6 Å². The summed E-state index contributed by atoms with van der Waals surface area (Å²) in [5.41, 5.74) is 0.490. The summed E-state index contributed by atoms with van der Waals surface area (Å²) in [5, 5.41) is 20.9. The van der Waals surface area contributed by atoms with E-state index in [1.54, 1.807) is 6.20 Å². The van der Waals surface area contributed by atoms with E-state index in [1.165, 1.54) is 0 Å². The number of aliphatic imine (C=N–C) groups is 1. The van der Waals surface area contributed by atoms with Crippen molar-refractivity contribution in [2.45, 2.75) is 44.8 Å². The van der Waals surface area contributed by atoms with Gasteiger partial charge >= 0.3 is 0 Å². The van der Waals surface area contributed by atoms with Crippen LogP contribution in [-0.2, 0) is 13.6 Å². The van der Waals surface area contributed by atoms with Crippen LogP contribution in [-0.4, -0.2) is 39.5 Å². The van der Waals surface area contributed by atoms with Gasteiger partial charge in [0.05, 0.1) is 17.8 Å². The Bertz CT molecular complexity index is 454.